The molecule has 1 atom stereocenters. The molecule has 1 aromatic carbocycles. The third kappa shape index (κ3) is 3.30. The van der Waals surface area contributed by atoms with Crippen LogP contribution in [0.3, 0.4) is 0 Å². The Morgan fingerprint density at radius 3 is 2.86 bits per heavy atom. The lowest BCUT2D eigenvalue weighted by Gasteiger charge is -2.17. The van der Waals surface area contributed by atoms with Crippen LogP contribution < -0.4 is 10.6 Å². The average molecular weight is 323 g/mol. The van der Waals surface area contributed by atoms with Gasteiger partial charge in [0.1, 0.15) is 0 Å². The smallest absolute Gasteiger partial charge is 0.272 e. The molecule has 0 fully saturated rings. The third-order valence-corrected chi connectivity index (χ3v) is 3.71. The Balaban J connectivity index is 0.00000176. The maximum absolute atomic E-state index is 12.4. The van der Waals surface area contributed by atoms with Crippen LogP contribution >= 0.6 is 12.4 Å². The maximum Gasteiger partial charge on any atom is 0.272 e. The van der Waals surface area contributed by atoms with Crippen molar-refractivity contribution in [3.63, 3.8) is 0 Å². The summed E-state index contributed by atoms with van der Waals surface area (Å²) in [4.78, 5) is 12.4. The summed E-state index contributed by atoms with van der Waals surface area (Å²) in [6.07, 6.45) is 0.845. The fraction of sp³-hybridized carbons (Fsp3) is 0.333. The minimum absolute atomic E-state index is 0. The van der Waals surface area contributed by atoms with Crippen LogP contribution in [0.15, 0.2) is 30.3 Å². The molecule has 7 heteroatoms. The van der Waals surface area contributed by atoms with Crippen molar-refractivity contribution in [1.82, 2.24) is 20.8 Å². The number of hydrogen-bond acceptors (Lipinski definition) is 4. The summed E-state index contributed by atoms with van der Waals surface area (Å²) in [6, 6.07) is 8.98. The van der Waals surface area contributed by atoms with E-state index in [0.717, 1.165) is 29.8 Å². The number of hydrogen-bond donors (Lipinski definition) is 4. The molecule has 0 bridgehead atoms. The van der Waals surface area contributed by atoms with E-state index in [1.54, 1.807) is 0 Å². The second-order valence-corrected chi connectivity index (χ2v) is 5.08. The molecule has 0 aliphatic carbocycles. The van der Waals surface area contributed by atoms with E-state index in [-0.39, 0.29) is 24.9 Å². The van der Waals surface area contributed by atoms with Gasteiger partial charge in [-0.25, -0.2) is 0 Å². The minimum Gasteiger partial charge on any atom is -0.394 e. The van der Waals surface area contributed by atoms with Gasteiger partial charge >= 0.3 is 0 Å². The Kier molecular flexibility index (Phi) is 5.54. The van der Waals surface area contributed by atoms with E-state index in [0.29, 0.717) is 12.2 Å². The predicted molar refractivity (Wildman–Crippen MR) is 85.0 cm³/mol. The van der Waals surface area contributed by atoms with E-state index >= 15 is 0 Å². The number of aromatic amines is 1. The largest absolute Gasteiger partial charge is 0.394 e. The topological polar surface area (TPSA) is 90.0 Å². The fourth-order valence-corrected chi connectivity index (χ4v) is 2.56. The second kappa shape index (κ2) is 7.40. The first-order valence-electron chi connectivity index (χ1n) is 7.03. The van der Waals surface area contributed by atoms with Crippen LogP contribution in [-0.2, 0) is 13.0 Å². The first kappa shape index (κ1) is 16.5. The SMILES string of the molecule is Cl.O=C(N[C@H](CO)c1ccccc1)c1n[nH]c2c1CNCC2. The molecule has 0 unspecified atom stereocenters. The van der Waals surface area contributed by atoms with E-state index in [9.17, 15) is 9.90 Å². The lowest BCUT2D eigenvalue weighted by atomic mass is 10.1. The normalized spacial score (nSPS) is 14.6. The van der Waals surface area contributed by atoms with Crippen molar-refractivity contribution in [3.8, 4) is 0 Å². The first-order valence-corrected chi connectivity index (χ1v) is 7.03. The van der Waals surface area contributed by atoms with Crippen molar-refractivity contribution in [3.05, 3.63) is 52.8 Å². The Labute approximate surface area is 134 Å². The van der Waals surface area contributed by atoms with Gasteiger partial charge in [-0.1, -0.05) is 30.3 Å². The maximum atomic E-state index is 12.4. The van der Waals surface area contributed by atoms with Crippen molar-refractivity contribution in [2.75, 3.05) is 13.2 Å². The summed E-state index contributed by atoms with van der Waals surface area (Å²) in [6.45, 7) is 1.38. The third-order valence-electron chi connectivity index (χ3n) is 3.71. The summed E-state index contributed by atoms with van der Waals surface area (Å²) in [7, 11) is 0. The molecule has 1 aliphatic rings. The van der Waals surface area contributed by atoms with Gasteiger partial charge in [-0.2, -0.15) is 5.10 Å². The van der Waals surface area contributed by atoms with Crippen LogP contribution in [0.25, 0.3) is 0 Å². The average Bonchev–Trinajstić information content (AvgIpc) is 2.97. The van der Waals surface area contributed by atoms with Crippen LogP contribution in [0.2, 0.25) is 0 Å². The lowest BCUT2D eigenvalue weighted by Crippen LogP contribution is -2.32. The molecule has 0 radical (unpaired) electrons. The standard InChI is InChI=1S/C15H18N4O2.ClH/c20-9-13(10-4-2-1-3-5-10)17-15(21)14-11-8-16-7-6-12(11)18-19-14;/h1-5,13,16,20H,6-9H2,(H,17,21)(H,18,19);1H/t13-;/m1./s1. The quantitative estimate of drug-likeness (QED) is 0.674. The number of nitrogens with one attached hydrogen (secondary N) is 3. The molecule has 4 N–H and O–H groups in total. The van der Waals surface area contributed by atoms with Crippen LogP contribution in [-0.4, -0.2) is 34.4 Å². The van der Waals surface area contributed by atoms with Gasteiger partial charge in [0.2, 0.25) is 0 Å². The number of carbonyl (C=O) groups excluding carboxylic acids is 1. The number of benzene rings is 1. The Morgan fingerprint density at radius 1 is 1.36 bits per heavy atom. The zero-order chi connectivity index (χ0) is 14.7. The summed E-state index contributed by atoms with van der Waals surface area (Å²) in [5, 5.41) is 22.6. The van der Waals surface area contributed by atoms with Crippen LogP contribution in [0.5, 0.6) is 0 Å². The molecule has 6 nitrogen and oxygen atoms in total. The number of halogens is 1. The van der Waals surface area contributed by atoms with E-state index in [1.165, 1.54) is 0 Å². The number of aliphatic hydroxyl groups is 1. The molecular weight excluding hydrogens is 304 g/mol. The monoisotopic (exact) mass is 322 g/mol. The highest BCUT2D eigenvalue weighted by Crippen LogP contribution is 2.17. The highest BCUT2D eigenvalue weighted by atomic mass is 35.5. The molecule has 118 valence electrons. The molecular formula is C15H19ClN4O2. The Morgan fingerprint density at radius 2 is 2.14 bits per heavy atom. The van der Waals surface area contributed by atoms with Gasteiger partial charge in [-0.3, -0.25) is 9.89 Å². The minimum atomic E-state index is -0.428. The van der Waals surface area contributed by atoms with Gasteiger partial charge in [0, 0.05) is 30.8 Å². The molecule has 1 aromatic heterocycles. The van der Waals surface area contributed by atoms with Crippen molar-refractivity contribution in [2.24, 2.45) is 0 Å². The van der Waals surface area contributed by atoms with Crippen LogP contribution in [0.4, 0.5) is 0 Å². The number of aliphatic hydroxyl groups excluding tert-OH is 1. The van der Waals surface area contributed by atoms with Crippen LogP contribution in [0.1, 0.15) is 33.4 Å². The molecule has 0 spiro atoms. The van der Waals surface area contributed by atoms with Gasteiger partial charge < -0.3 is 15.7 Å². The highest BCUT2D eigenvalue weighted by molar-refractivity contribution is 5.94. The fourth-order valence-electron chi connectivity index (χ4n) is 2.56. The van der Waals surface area contributed by atoms with Crippen LogP contribution in [0, 0.1) is 0 Å². The zero-order valence-corrected chi connectivity index (χ0v) is 12.8. The van der Waals surface area contributed by atoms with E-state index in [2.05, 4.69) is 20.8 Å². The summed E-state index contributed by atoms with van der Waals surface area (Å²) < 4.78 is 0. The number of rotatable bonds is 4. The van der Waals surface area contributed by atoms with Gasteiger partial charge in [-0.05, 0) is 5.56 Å². The van der Waals surface area contributed by atoms with Gasteiger partial charge in [-0.15, -0.1) is 12.4 Å². The number of amides is 1. The summed E-state index contributed by atoms with van der Waals surface area (Å²) in [5.74, 6) is -0.265. The predicted octanol–water partition coefficient (Wildman–Crippen LogP) is 0.941. The number of nitrogens with zero attached hydrogens (tertiary/aromatic N) is 1. The molecule has 0 saturated heterocycles. The molecule has 2 aromatic rings. The van der Waals surface area contributed by atoms with Gasteiger partial charge in [0.15, 0.2) is 5.69 Å². The van der Waals surface area contributed by atoms with Crippen molar-refractivity contribution < 1.29 is 9.90 Å². The highest BCUT2D eigenvalue weighted by Gasteiger charge is 2.23. The molecule has 0 saturated carbocycles. The number of fused-ring (bicyclic) bond motifs is 1. The Bertz CT molecular complexity index is 630. The second-order valence-electron chi connectivity index (χ2n) is 5.08. The number of H-pyrrole nitrogens is 1. The lowest BCUT2D eigenvalue weighted by molar-refractivity contribution is 0.0910. The zero-order valence-electron chi connectivity index (χ0n) is 12.0. The van der Waals surface area contributed by atoms with E-state index < -0.39 is 6.04 Å². The molecule has 1 aliphatic heterocycles. The van der Waals surface area contributed by atoms with Crippen molar-refractivity contribution in [2.45, 2.75) is 19.0 Å². The van der Waals surface area contributed by atoms with E-state index in [1.807, 2.05) is 30.3 Å². The number of aromatic nitrogens is 2. The summed E-state index contributed by atoms with van der Waals surface area (Å²) >= 11 is 0. The molecule has 22 heavy (non-hydrogen) atoms. The molecule has 1 amide bonds. The van der Waals surface area contributed by atoms with E-state index in [4.69, 9.17) is 0 Å². The van der Waals surface area contributed by atoms with Crippen molar-refractivity contribution >= 4 is 18.3 Å². The molecule has 3 rings (SSSR count). The summed E-state index contributed by atoms with van der Waals surface area (Å²) in [5.41, 5.74) is 3.21. The number of carbonyl (C=O) groups is 1. The van der Waals surface area contributed by atoms with Crippen molar-refractivity contribution in [1.29, 1.82) is 0 Å². The molecule has 2 heterocycles. The first-order chi connectivity index (χ1) is 10.3. The van der Waals surface area contributed by atoms with Gasteiger partial charge in [0.05, 0.1) is 12.6 Å². The Hall–Kier alpha value is -1.89. The van der Waals surface area contributed by atoms with Gasteiger partial charge in [0.25, 0.3) is 5.91 Å².